The van der Waals surface area contributed by atoms with E-state index < -0.39 is 6.17 Å². The van der Waals surface area contributed by atoms with E-state index in [4.69, 9.17) is 4.74 Å². The van der Waals surface area contributed by atoms with Gasteiger partial charge in [-0.15, -0.1) is 0 Å². The van der Waals surface area contributed by atoms with Crippen LogP contribution in [0.25, 0.3) is 0 Å². The van der Waals surface area contributed by atoms with Crippen LogP contribution in [0.5, 0.6) is 0 Å². The van der Waals surface area contributed by atoms with Gasteiger partial charge in [0, 0.05) is 5.92 Å². The van der Waals surface area contributed by atoms with Crippen LogP contribution in [0.3, 0.4) is 0 Å². The highest BCUT2D eigenvalue weighted by molar-refractivity contribution is 5.17. The number of alkyl halides is 1. The molecule has 0 aliphatic rings. The third-order valence-electron chi connectivity index (χ3n) is 2.66. The number of hydrogen-bond acceptors (Lipinski definition) is 1. The third-order valence-corrected chi connectivity index (χ3v) is 2.66. The summed E-state index contributed by atoms with van der Waals surface area (Å²) in [7, 11) is 0. The molecule has 0 aliphatic heterocycles. The Morgan fingerprint density at radius 2 is 2.06 bits per heavy atom. The van der Waals surface area contributed by atoms with Crippen LogP contribution < -0.4 is 0 Å². The van der Waals surface area contributed by atoms with Gasteiger partial charge in [0.2, 0.25) is 0 Å². The molecule has 0 spiro atoms. The smallest absolute Gasteiger partial charge is 0.102 e. The molecule has 0 bridgehead atoms. The largest absolute Gasteiger partial charge is 0.376 e. The number of halogens is 1. The molecular weight excluding hydrogens is 203 g/mol. The molecule has 0 aromatic heterocycles. The van der Waals surface area contributed by atoms with Crippen LogP contribution in [0, 0.1) is 5.92 Å². The predicted octanol–water partition coefficient (Wildman–Crippen LogP) is 4.30. The van der Waals surface area contributed by atoms with Crippen LogP contribution in [-0.4, -0.2) is 19.4 Å². The van der Waals surface area contributed by atoms with Gasteiger partial charge in [0.1, 0.15) is 6.17 Å². The van der Waals surface area contributed by atoms with Crippen LogP contribution in [0.4, 0.5) is 4.39 Å². The normalized spacial score (nSPS) is 16.7. The van der Waals surface area contributed by atoms with Crippen LogP contribution in [-0.2, 0) is 4.74 Å². The van der Waals surface area contributed by atoms with E-state index in [0.29, 0.717) is 13.2 Å². The zero-order chi connectivity index (χ0) is 12.4. The summed E-state index contributed by atoms with van der Waals surface area (Å²) in [6.45, 7) is 8.75. The standard InChI is InChI=1S/C14H25FO/c1-5-8-13(7-3)10-16-11-14(9-6-2)12(4)15/h5,7-8,12,14H,6,9-11H2,1-4H3. The van der Waals surface area contributed by atoms with Crippen LogP contribution in [0.2, 0.25) is 0 Å². The zero-order valence-corrected chi connectivity index (χ0v) is 11.0. The molecule has 16 heavy (non-hydrogen) atoms. The fourth-order valence-electron chi connectivity index (χ4n) is 1.59. The highest BCUT2D eigenvalue weighted by Crippen LogP contribution is 2.15. The Labute approximate surface area is 99.4 Å². The van der Waals surface area contributed by atoms with E-state index in [1.54, 1.807) is 6.92 Å². The number of allylic oxidation sites excluding steroid dienone is 2. The van der Waals surface area contributed by atoms with Crippen molar-refractivity contribution in [3.8, 4) is 0 Å². The van der Waals surface area contributed by atoms with Crippen molar-refractivity contribution in [1.29, 1.82) is 0 Å². The Morgan fingerprint density at radius 3 is 2.50 bits per heavy atom. The van der Waals surface area contributed by atoms with E-state index in [9.17, 15) is 4.39 Å². The minimum absolute atomic E-state index is 0.0358. The minimum atomic E-state index is -0.782. The number of ether oxygens (including phenoxy) is 1. The number of hydrogen-bond donors (Lipinski definition) is 0. The van der Waals surface area contributed by atoms with Gasteiger partial charge in [-0.25, -0.2) is 4.39 Å². The van der Waals surface area contributed by atoms with E-state index in [1.165, 1.54) is 0 Å². The van der Waals surface area contributed by atoms with Crippen LogP contribution >= 0.6 is 0 Å². The maximum Gasteiger partial charge on any atom is 0.102 e. The van der Waals surface area contributed by atoms with Crippen LogP contribution in [0.1, 0.15) is 40.5 Å². The van der Waals surface area contributed by atoms with Crippen molar-refractivity contribution in [3.63, 3.8) is 0 Å². The molecule has 2 atom stereocenters. The molecule has 0 saturated heterocycles. The first-order chi connectivity index (χ1) is 7.65. The van der Waals surface area contributed by atoms with Gasteiger partial charge in [0.25, 0.3) is 0 Å². The van der Waals surface area contributed by atoms with Gasteiger partial charge in [-0.2, -0.15) is 0 Å². The maximum atomic E-state index is 13.2. The molecule has 94 valence electrons. The van der Waals surface area contributed by atoms with Gasteiger partial charge in [-0.05, 0) is 32.8 Å². The summed E-state index contributed by atoms with van der Waals surface area (Å²) in [6, 6.07) is 0. The second-order valence-corrected chi connectivity index (χ2v) is 4.11. The van der Waals surface area contributed by atoms with E-state index in [-0.39, 0.29) is 5.92 Å². The SMILES string of the molecule is CC=CC(=CC)COCC(CCC)C(C)F. The van der Waals surface area contributed by atoms with Crippen molar-refractivity contribution in [1.82, 2.24) is 0 Å². The summed E-state index contributed by atoms with van der Waals surface area (Å²) in [4.78, 5) is 0. The van der Waals surface area contributed by atoms with Crippen molar-refractivity contribution in [2.24, 2.45) is 5.92 Å². The summed E-state index contributed by atoms with van der Waals surface area (Å²) >= 11 is 0. The van der Waals surface area contributed by atoms with Gasteiger partial charge >= 0.3 is 0 Å². The van der Waals surface area contributed by atoms with Crippen molar-refractivity contribution < 1.29 is 9.13 Å². The molecule has 2 heteroatoms. The van der Waals surface area contributed by atoms with Gasteiger partial charge in [-0.3, -0.25) is 0 Å². The van der Waals surface area contributed by atoms with Gasteiger partial charge in [0.15, 0.2) is 0 Å². The Morgan fingerprint density at radius 1 is 1.38 bits per heavy atom. The summed E-state index contributed by atoms with van der Waals surface area (Å²) in [5.41, 5.74) is 1.14. The summed E-state index contributed by atoms with van der Waals surface area (Å²) in [5, 5.41) is 0. The molecular formula is C14H25FO. The highest BCUT2D eigenvalue weighted by Gasteiger charge is 2.15. The van der Waals surface area contributed by atoms with Crippen molar-refractivity contribution in [3.05, 3.63) is 23.8 Å². The first-order valence-electron chi connectivity index (χ1n) is 6.15. The lowest BCUT2D eigenvalue weighted by molar-refractivity contribution is 0.0782. The highest BCUT2D eigenvalue weighted by atomic mass is 19.1. The van der Waals surface area contributed by atoms with Crippen molar-refractivity contribution >= 4 is 0 Å². The Balaban J connectivity index is 3.93. The molecule has 0 fully saturated rings. The van der Waals surface area contributed by atoms with E-state index in [2.05, 4.69) is 6.92 Å². The predicted molar refractivity (Wildman–Crippen MR) is 68.4 cm³/mol. The van der Waals surface area contributed by atoms with Crippen molar-refractivity contribution in [2.75, 3.05) is 13.2 Å². The average Bonchev–Trinajstić information content (AvgIpc) is 2.26. The molecule has 0 aliphatic carbocycles. The summed E-state index contributed by atoms with van der Waals surface area (Å²) < 4.78 is 18.8. The Bertz CT molecular complexity index is 219. The summed E-state index contributed by atoms with van der Waals surface area (Å²) in [6.07, 6.45) is 7.15. The first kappa shape index (κ1) is 15.4. The van der Waals surface area contributed by atoms with Gasteiger partial charge in [0.05, 0.1) is 13.2 Å². The van der Waals surface area contributed by atoms with Crippen molar-refractivity contribution in [2.45, 2.75) is 46.7 Å². The monoisotopic (exact) mass is 228 g/mol. The second-order valence-electron chi connectivity index (χ2n) is 4.11. The molecule has 0 rings (SSSR count). The van der Waals surface area contributed by atoms with E-state index >= 15 is 0 Å². The fourth-order valence-corrected chi connectivity index (χ4v) is 1.59. The molecule has 2 unspecified atom stereocenters. The van der Waals surface area contributed by atoms with Crippen LogP contribution in [0.15, 0.2) is 23.8 Å². The molecule has 0 aromatic rings. The van der Waals surface area contributed by atoms with E-state index in [1.807, 2.05) is 32.1 Å². The van der Waals surface area contributed by atoms with Gasteiger partial charge < -0.3 is 4.74 Å². The maximum absolute atomic E-state index is 13.2. The molecule has 0 N–H and O–H groups in total. The Hall–Kier alpha value is -0.630. The average molecular weight is 228 g/mol. The second kappa shape index (κ2) is 9.59. The quantitative estimate of drug-likeness (QED) is 0.563. The lowest BCUT2D eigenvalue weighted by Gasteiger charge is -2.17. The molecule has 0 radical (unpaired) electrons. The molecule has 1 nitrogen and oxygen atoms in total. The third kappa shape index (κ3) is 6.78. The number of rotatable bonds is 8. The lowest BCUT2D eigenvalue weighted by atomic mass is 10.0. The fraction of sp³-hybridized carbons (Fsp3) is 0.714. The summed E-state index contributed by atoms with van der Waals surface area (Å²) in [5.74, 6) is 0.0358. The Kier molecular flexibility index (Phi) is 9.21. The zero-order valence-electron chi connectivity index (χ0n) is 11.0. The minimum Gasteiger partial charge on any atom is -0.376 e. The van der Waals surface area contributed by atoms with Gasteiger partial charge in [-0.1, -0.05) is 31.6 Å². The first-order valence-corrected chi connectivity index (χ1v) is 6.15. The lowest BCUT2D eigenvalue weighted by Crippen LogP contribution is -2.19. The van der Waals surface area contributed by atoms with E-state index in [0.717, 1.165) is 18.4 Å². The topological polar surface area (TPSA) is 9.23 Å². The molecule has 0 aromatic carbocycles. The molecule has 0 heterocycles. The molecule has 0 amide bonds. The molecule has 0 saturated carbocycles.